The van der Waals surface area contributed by atoms with Crippen molar-refractivity contribution < 1.29 is 4.74 Å². The molecule has 2 rings (SSSR count). The molecule has 0 fully saturated rings. The van der Waals surface area contributed by atoms with E-state index in [1.54, 1.807) is 0 Å². The molecule has 58 valence electrons. The summed E-state index contributed by atoms with van der Waals surface area (Å²) >= 11 is 9.28. The molecule has 1 nitrogen and oxygen atoms in total. The zero-order valence-corrected chi connectivity index (χ0v) is 8.08. The van der Waals surface area contributed by atoms with Crippen LogP contribution in [0.4, 0.5) is 0 Å². The maximum absolute atomic E-state index is 5.84. The Balaban J connectivity index is 2.60. The van der Waals surface area contributed by atoms with E-state index in [2.05, 4.69) is 15.9 Å². The van der Waals surface area contributed by atoms with Crippen molar-refractivity contribution in [1.82, 2.24) is 0 Å². The van der Waals surface area contributed by atoms with E-state index in [0.717, 1.165) is 9.50 Å². The van der Waals surface area contributed by atoms with Crippen molar-refractivity contribution in [1.29, 1.82) is 0 Å². The Morgan fingerprint density at radius 3 is 3.00 bits per heavy atom. The summed E-state index contributed by atoms with van der Waals surface area (Å²) in [6.07, 6.45) is 0. The van der Waals surface area contributed by atoms with Gasteiger partial charge in [0, 0.05) is 9.50 Å². The molecule has 0 N–H and O–H groups in total. The zero-order chi connectivity index (χ0) is 7.84. The predicted molar refractivity (Wildman–Crippen MR) is 47.6 cm³/mol. The fraction of sp³-hybridized carbons (Fsp3) is 0.250. The second-order valence-corrected chi connectivity index (χ2v) is 3.81. The van der Waals surface area contributed by atoms with E-state index in [4.69, 9.17) is 16.3 Å². The first-order valence-electron chi connectivity index (χ1n) is 3.32. The molecule has 0 bridgehead atoms. The monoisotopic (exact) mass is 232 g/mol. The van der Waals surface area contributed by atoms with Gasteiger partial charge in [0.15, 0.2) is 0 Å². The van der Waals surface area contributed by atoms with Crippen LogP contribution in [0.2, 0.25) is 5.02 Å². The quantitative estimate of drug-likeness (QED) is 0.669. The predicted octanol–water partition coefficient (Wildman–Crippen LogP) is 3.13. The fourth-order valence-electron chi connectivity index (χ4n) is 1.21. The fourth-order valence-corrected chi connectivity index (χ4v) is 2.20. The van der Waals surface area contributed by atoms with Gasteiger partial charge < -0.3 is 4.74 Å². The van der Waals surface area contributed by atoms with Crippen LogP contribution in [0, 0.1) is 0 Å². The lowest BCUT2D eigenvalue weighted by atomic mass is 10.1. The summed E-state index contributed by atoms with van der Waals surface area (Å²) in [5, 5.41) is 0.765. The van der Waals surface area contributed by atoms with E-state index in [9.17, 15) is 0 Å². The lowest BCUT2D eigenvalue weighted by molar-refractivity contribution is 0.134. The van der Waals surface area contributed by atoms with Crippen LogP contribution in [0.5, 0.6) is 0 Å². The number of benzene rings is 1. The molecule has 1 aromatic carbocycles. The SMILES string of the molecule is Clc1cc(Br)c2c(c1)COC2. The van der Waals surface area contributed by atoms with Gasteiger partial charge in [-0.1, -0.05) is 27.5 Å². The molecule has 0 unspecified atom stereocenters. The molecule has 0 saturated carbocycles. The number of rotatable bonds is 0. The molecule has 0 aromatic heterocycles. The molecule has 0 amide bonds. The van der Waals surface area contributed by atoms with Gasteiger partial charge in [-0.05, 0) is 23.3 Å². The van der Waals surface area contributed by atoms with E-state index in [0.29, 0.717) is 13.2 Å². The van der Waals surface area contributed by atoms with Gasteiger partial charge in [0.2, 0.25) is 0 Å². The highest BCUT2D eigenvalue weighted by molar-refractivity contribution is 9.10. The van der Waals surface area contributed by atoms with E-state index < -0.39 is 0 Å². The first-order valence-corrected chi connectivity index (χ1v) is 4.49. The average Bonchev–Trinajstić information content (AvgIpc) is 2.34. The summed E-state index contributed by atoms with van der Waals surface area (Å²) in [5.41, 5.74) is 2.43. The van der Waals surface area contributed by atoms with Crippen LogP contribution in [0.15, 0.2) is 16.6 Å². The van der Waals surface area contributed by atoms with Crippen LogP contribution in [0.25, 0.3) is 0 Å². The lowest BCUT2D eigenvalue weighted by Crippen LogP contribution is -1.83. The number of hydrogen-bond acceptors (Lipinski definition) is 1. The third kappa shape index (κ3) is 1.31. The number of halogens is 2. The van der Waals surface area contributed by atoms with Crippen LogP contribution < -0.4 is 0 Å². The number of fused-ring (bicyclic) bond motifs is 1. The van der Waals surface area contributed by atoms with E-state index in [1.807, 2.05) is 12.1 Å². The van der Waals surface area contributed by atoms with Crippen molar-refractivity contribution >= 4 is 27.5 Å². The highest BCUT2D eigenvalue weighted by Crippen LogP contribution is 2.30. The normalized spacial score (nSPS) is 15.1. The molecular weight excluding hydrogens is 227 g/mol. The summed E-state index contributed by atoms with van der Waals surface area (Å²) in [7, 11) is 0. The Bertz CT molecular complexity index is 298. The van der Waals surface area contributed by atoms with Crippen LogP contribution in [0.3, 0.4) is 0 Å². The van der Waals surface area contributed by atoms with Gasteiger partial charge in [-0.2, -0.15) is 0 Å². The van der Waals surface area contributed by atoms with Gasteiger partial charge in [-0.15, -0.1) is 0 Å². The highest BCUT2D eigenvalue weighted by Gasteiger charge is 2.14. The minimum Gasteiger partial charge on any atom is -0.372 e. The average molecular weight is 233 g/mol. The number of hydrogen-bond donors (Lipinski definition) is 0. The summed E-state index contributed by atoms with van der Waals surface area (Å²) < 4.78 is 6.32. The zero-order valence-electron chi connectivity index (χ0n) is 5.73. The van der Waals surface area contributed by atoms with E-state index in [-0.39, 0.29) is 0 Å². The Morgan fingerprint density at radius 1 is 1.36 bits per heavy atom. The van der Waals surface area contributed by atoms with Crippen LogP contribution in [-0.4, -0.2) is 0 Å². The molecule has 1 aliphatic heterocycles. The molecule has 11 heavy (non-hydrogen) atoms. The van der Waals surface area contributed by atoms with Gasteiger partial charge >= 0.3 is 0 Å². The molecule has 0 saturated heterocycles. The number of ether oxygens (including phenoxy) is 1. The standard InChI is InChI=1S/C8H6BrClO/c9-8-2-6(10)1-5-3-11-4-7(5)8/h1-2H,3-4H2. The maximum atomic E-state index is 5.84. The Kier molecular flexibility index (Phi) is 1.91. The molecule has 3 heteroatoms. The van der Waals surface area contributed by atoms with Crippen molar-refractivity contribution in [2.45, 2.75) is 13.2 Å². The Morgan fingerprint density at radius 2 is 2.18 bits per heavy atom. The molecule has 0 radical (unpaired) electrons. The van der Waals surface area contributed by atoms with Crippen LogP contribution >= 0.6 is 27.5 Å². The van der Waals surface area contributed by atoms with Crippen molar-refractivity contribution in [2.75, 3.05) is 0 Å². The topological polar surface area (TPSA) is 9.23 Å². The molecule has 1 aromatic rings. The van der Waals surface area contributed by atoms with Crippen LogP contribution in [0.1, 0.15) is 11.1 Å². The third-order valence-electron chi connectivity index (χ3n) is 1.76. The maximum Gasteiger partial charge on any atom is 0.0735 e. The minimum atomic E-state index is 0.689. The van der Waals surface area contributed by atoms with Gasteiger partial charge in [-0.25, -0.2) is 0 Å². The van der Waals surface area contributed by atoms with Gasteiger partial charge in [0.1, 0.15) is 0 Å². The molecule has 0 aliphatic carbocycles. The second kappa shape index (κ2) is 2.77. The second-order valence-electron chi connectivity index (χ2n) is 2.52. The Hall–Kier alpha value is -0.0500. The van der Waals surface area contributed by atoms with Gasteiger partial charge in [0.25, 0.3) is 0 Å². The molecule has 0 atom stereocenters. The third-order valence-corrected chi connectivity index (χ3v) is 2.68. The summed E-state index contributed by atoms with van der Waals surface area (Å²) in [4.78, 5) is 0. The Labute approximate surface area is 78.4 Å². The minimum absolute atomic E-state index is 0.689. The highest BCUT2D eigenvalue weighted by atomic mass is 79.9. The first-order chi connectivity index (χ1) is 5.27. The van der Waals surface area contributed by atoms with Crippen molar-refractivity contribution in [3.05, 3.63) is 32.8 Å². The summed E-state index contributed by atoms with van der Waals surface area (Å²) in [6.45, 7) is 1.39. The first kappa shape index (κ1) is 7.59. The smallest absolute Gasteiger partial charge is 0.0735 e. The van der Waals surface area contributed by atoms with Gasteiger partial charge in [0.05, 0.1) is 13.2 Å². The van der Waals surface area contributed by atoms with Gasteiger partial charge in [-0.3, -0.25) is 0 Å². The van der Waals surface area contributed by atoms with E-state index >= 15 is 0 Å². The molecular formula is C8H6BrClO. The summed E-state index contributed by atoms with van der Waals surface area (Å²) in [6, 6.07) is 3.85. The van der Waals surface area contributed by atoms with Crippen LogP contribution in [-0.2, 0) is 18.0 Å². The van der Waals surface area contributed by atoms with Crippen molar-refractivity contribution in [2.24, 2.45) is 0 Å². The lowest BCUT2D eigenvalue weighted by Gasteiger charge is -1.99. The largest absolute Gasteiger partial charge is 0.372 e. The summed E-state index contributed by atoms with van der Waals surface area (Å²) in [5.74, 6) is 0. The molecule has 1 heterocycles. The molecule has 0 spiro atoms. The van der Waals surface area contributed by atoms with Crippen molar-refractivity contribution in [3.63, 3.8) is 0 Å². The van der Waals surface area contributed by atoms with E-state index in [1.165, 1.54) is 11.1 Å². The van der Waals surface area contributed by atoms with Crippen molar-refractivity contribution in [3.8, 4) is 0 Å². The molecule has 1 aliphatic rings.